The second kappa shape index (κ2) is 9.12. The molecule has 4 rings (SSSR count). The molecule has 0 radical (unpaired) electrons. The highest BCUT2D eigenvalue weighted by atomic mass is 32.2. The third kappa shape index (κ3) is 4.21. The molecule has 4 heterocycles. The quantitative estimate of drug-likeness (QED) is 0.419. The minimum absolute atomic E-state index is 0.249. The third-order valence-corrected chi connectivity index (χ3v) is 6.46. The molecular formula is C22H30N8O2S. The smallest absolute Gasteiger partial charge is 0.313 e. The van der Waals surface area contributed by atoms with Crippen molar-refractivity contribution in [3.63, 3.8) is 0 Å². The zero-order valence-electron chi connectivity index (χ0n) is 19.9. The van der Waals surface area contributed by atoms with Crippen LogP contribution in [0.2, 0.25) is 0 Å². The van der Waals surface area contributed by atoms with Crippen LogP contribution < -0.4 is 11.2 Å². The van der Waals surface area contributed by atoms with E-state index >= 15 is 0 Å². The largest absolute Gasteiger partial charge is 0.330 e. The van der Waals surface area contributed by atoms with E-state index in [-0.39, 0.29) is 11.8 Å². The maximum Gasteiger partial charge on any atom is 0.330 e. The lowest BCUT2D eigenvalue weighted by molar-refractivity contribution is 0.613. The first-order valence-electron chi connectivity index (χ1n) is 11.4. The van der Waals surface area contributed by atoms with Crippen LogP contribution in [0.3, 0.4) is 0 Å². The Kier molecular flexibility index (Phi) is 6.42. The summed E-state index contributed by atoms with van der Waals surface area (Å²) in [5.41, 5.74) is 1.93. The first-order chi connectivity index (χ1) is 15.7. The fraction of sp³-hybridized carbons (Fsp3) is 0.545. The van der Waals surface area contributed by atoms with Crippen molar-refractivity contribution in [2.45, 2.75) is 89.6 Å². The van der Waals surface area contributed by atoms with Crippen molar-refractivity contribution in [1.29, 1.82) is 0 Å². The standard InChI is InChI=1S/C22H30N8O2S/c1-7-9-10-29-17-16(18(31)25-21(29)32)28(8-2)22(24-17)33-20-26-19-23-14(12(3)4)11-15(13(5)6)30(19)27-20/h11-13H,7-10H2,1-6H3,(H,25,31,32). The molecule has 0 unspecified atom stereocenters. The van der Waals surface area contributed by atoms with Crippen LogP contribution in [-0.2, 0) is 13.1 Å². The number of hydrogen-bond donors (Lipinski definition) is 1. The number of fused-ring (bicyclic) bond motifs is 2. The summed E-state index contributed by atoms with van der Waals surface area (Å²) in [6.07, 6.45) is 1.75. The van der Waals surface area contributed by atoms with Gasteiger partial charge in [-0.3, -0.25) is 14.3 Å². The van der Waals surface area contributed by atoms with E-state index in [0.717, 1.165) is 24.2 Å². The molecule has 0 fully saturated rings. The van der Waals surface area contributed by atoms with Crippen LogP contribution in [0.25, 0.3) is 16.9 Å². The maximum absolute atomic E-state index is 12.6. The Morgan fingerprint density at radius 3 is 2.42 bits per heavy atom. The summed E-state index contributed by atoms with van der Waals surface area (Å²) in [5.74, 6) is 1.07. The minimum atomic E-state index is -0.434. The van der Waals surface area contributed by atoms with Crippen molar-refractivity contribution >= 4 is 28.7 Å². The highest BCUT2D eigenvalue weighted by molar-refractivity contribution is 7.99. The molecule has 0 atom stereocenters. The Morgan fingerprint density at radius 2 is 1.79 bits per heavy atom. The molecule has 0 saturated carbocycles. The molecular weight excluding hydrogens is 440 g/mol. The fourth-order valence-electron chi connectivity index (χ4n) is 3.77. The van der Waals surface area contributed by atoms with Crippen molar-refractivity contribution in [3.05, 3.63) is 38.3 Å². The predicted octanol–water partition coefficient (Wildman–Crippen LogP) is 3.54. The molecule has 0 saturated heterocycles. The summed E-state index contributed by atoms with van der Waals surface area (Å²) in [7, 11) is 0. The van der Waals surface area contributed by atoms with Gasteiger partial charge in [-0.15, -0.1) is 5.10 Å². The number of rotatable bonds is 8. The van der Waals surface area contributed by atoms with Gasteiger partial charge in [-0.2, -0.15) is 9.50 Å². The van der Waals surface area contributed by atoms with E-state index in [0.29, 0.717) is 40.3 Å². The molecule has 10 nitrogen and oxygen atoms in total. The topological polar surface area (TPSA) is 116 Å². The average Bonchev–Trinajstić information content (AvgIpc) is 3.33. The van der Waals surface area contributed by atoms with E-state index in [1.165, 1.54) is 11.8 Å². The van der Waals surface area contributed by atoms with Gasteiger partial charge in [-0.05, 0) is 43.0 Å². The van der Waals surface area contributed by atoms with Gasteiger partial charge in [0.05, 0.1) is 5.69 Å². The molecule has 0 aliphatic carbocycles. The van der Waals surface area contributed by atoms with Crippen molar-refractivity contribution < 1.29 is 0 Å². The van der Waals surface area contributed by atoms with Gasteiger partial charge in [0.15, 0.2) is 16.3 Å². The average molecular weight is 471 g/mol. The zero-order valence-corrected chi connectivity index (χ0v) is 20.7. The van der Waals surface area contributed by atoms with Gasteiger partial charge in [0.25, 0.3) is 11.3 Å². The zero-order chi connectivity index (χ0) is 23.9. The van der Waals surface area contributed by atoms with Crippen LogP contribution in [0.1, 0.15) is 77.6 Å². The summed E-state index contributed by atoms with van der Waals surface area (Å²) in [6.45, 7) is 13.5. The molecule has 0 amide bonds. The summed E-state index contributed by atoms with van der Waals surface area (Å²) in [5, 5.41) is 5.75. The number of aromatic nitrogens is 8. The van der Waals surface area contributed by atoms with Gasteiger partial charge in [0.2, 0.25) is 5.16 Å². The summed E-state index contributed by atoms with van der Waals surface area (Å²) in [4.78, 5) is 41.6. The Labute approximate surface area is 195 Å². The molecule has 176 valence electrons. The number of hydrogen-bond acceptors (Lipinski definition) is 7. The van der Waals surface area contributed by atoms with Crippen molar-refractivity contribution in [1.82, 2.24) is 38.7 Å². The lowest BCUT2D eigenvalue weighted by atomic mass is 10.1. The van der Waals surface area contributed by atoms with E-state index in [4.69, 9.17) is 0 Å². The van der Waals surface area contributed by atoms with Crippen molar-refractivity contribution in [3.8, 4) is 0 Å². The molecule has 0 bridgehead atoms. The molecule has 0 aliphatic rings. The Morgan fingerprint density at radius 1 is 1.03 bits per heavy atom. The second-order valence-corrected chi connectivity index (χ2v) is 9.63. The van der Waals surface area contributed by atoms with E-state index < -0.39 is 11.2 Å². The van der Waals surface area contributed by atoms with E-state index in [2.05, 4.69) is 65.7 Å². The summed E-state index contributed by atoms with van der Waals surface area (Å²) < 4.78 is 5.13. The maximum atomic E-state index is 12.6. The van der Waals surface area contributed by atoms with Crippen LogP contribution >= 0.6 is 11.8 Å². The van der Waals surface area contributed by atoms with Crippen LogP contribution in [-0.4, -0.2) is 38.7 Å². The Bertz CT molecular complexity index is 1430. The summed E-state index contributed by atoms with van der Waals surface area (Å²) >= 11 is 1.27. The monoisotopic (exact) mass is 470 g/mol. The van der Waals surface area contributed by atoms with Gasteiger partial charge in [0, 0.05) is 18.8 Å². The van der Waals surface area contributed by atoms with Crippen LogP contribution in [0.4, 0.5) is 0 Å². The molecule has 0 aromatic carbocycles. The lowest BCUT2D eigenvalue weighted by Crippen LogP contribution is -2.31. The predicted molar refractivity (Wildman–Crippen MR) is 128 cm³/mol. The number of aryl methyl sites for hydroxylation is 2. The van der Waals surface area contributed by atoms with Crippen molar-refractivity contribution in [2.24, 2.45) is 0 Å². The number of aromatic amines is 1. The molecule has 4 aromatic rings. The molecule has 0 spiro atoms. The number of H-pyrrole nitrogens is 1. The van der Waals surface area contributed by atoms with Crippen LogP contribution in [0, 0.1) is 0 Å². The highest BCUT2D eigenvalue weighted by Crippen LogP contribution is 2.28. The van der Waals surface area contributed by atoms with Crippen molar-refractivity contribution in [2.75, 3.05) is 0 Å². The van der Waals surface area contributed by atoms with Crippen LogP contribution in [0.5, 0.6) is 0 Å². The third-order valence-electron chi connectivity index (χ3n) is 5.61. The molecule has 4 aromatic heterocycles. The first kappa shape index (κ1) is 23.2. The molecule has 11 heteroatoms. The minimum Gasteiger partial charge on any atom is -0.313 e. The Hall–Kier alpha value is -2.95. The molecule has 1 N–H and O–H groups in total. The first-order valence-corrected chi connectivity index (χ1v) is 12.3. The second-order valence-electron chi connectivity index (χ2n) is 8.70. The molecule has 33 heavy (non-hydrogen) atoms. The lowest BCUT2D eigenvalue weighted by Gasteiger charge is -2.11. The number of imidazole rings is 1. The number of nitrogens with one attached hydrogen (secondary N) is 1. The van der Waals surface area contributed by atoms with Gasteiger partial charge in [-0.1, -0.05) is 41.0 Å². The Balaban J connectivity index is 1.85. The van der Waals surface area contributed by atoms with Gasteiger partial charge in [-0.25, -0.2) is 14.8 Å². The normalized spacial score (nSPS) is 12.1. The SMILES string of the molecule is CCCCn1c(=O)[nH]c(=O)c2c1nc(Sc1nc3nc(C(C)C)cc(C(C)C)n3n1)n2CC. The van der Waals surface area contributed by atoms with Gasteiger partial charge in [0.1, 0.15) is 0 Å². The van der Waals surface area contributed by atoms with Crippen LogP contribution in [0.15, 0.2) is 26.0 Å². The number of unbranched alkanes of at least 4 members (excludes halogenated alkanes) is 1. The number of nitrogens with zero attached hydrogens (tertiary/aromatic N) is 7. The molecule has 0 aliphatic heterocycles. The van der Waals surface area contributed by atoms with E-state index in [1.54, 1.807) is 9.08 Å². The van der Waals surface area contributed by atoms with Gasteiger partial charge >= 0.3 is 5.69 Å². The van der Waals surface area contributed by atoms with E-state index in [9.17, 15) is 9.59 Å². The summed E-state index contributed by atoms with van der Waals surface area (Å²) in [6, 6.07) is 2.08. The highest BCUT2D eigenvalue weighted by Gasteiger charge is 2.21. The van der Waals surface area contributed by atoms with Gasteiger partial charge < -0.3 is 4.57 Å². The van der Waals surface area contributed by atoms with E-state index in [1.807, 2.05) is 11.5 Å². The fourth-order valence-corrected chi connectivity index (χ4v) is 4.65.